The lowest BCUT2D eigenvalue weighted by atomic mass is 10.1. The Morgan fingerprint density at radius 3 is 1.34 bits per heavy atom. The molecule has 13 heteroatoms. The van der Waals surface area contributed by atoms with Crippen molar-refractivity contribution in [2.75, 3.05) is 13.1 Å². The number of H-pyrrole nitrogens is 1. The number of fused-ring (bicyclic) bond motifs is 4. The van der Waals surface area contributed by atoms with Crippen LogP contribution >= 0.6 is 0 Å². The maximum atomic E-state index is 15.2. The molecular formula is C40H37N7O6+2. The van der Waals surface area contributed by atoms with Crippen LogP contribution in [0.1, 0.15) is 36.8 Å². The lowest BCUT2D eigenvalue weighted by molar-refractivity contribution is -0.132. The van der Waals surface area contributed by atoms with Gasteiger partial charge in [-0.2, -0.15) is 5.21 Å². The molecule has 0 radical (unpaired) electrons. The second-order valence-corrected chi connectivity index (χ2v) is 13.8. The number of aromatic nitrogens is 3. The van der Waals surface area contributed by atoms with Crippen LogP contribution in [0.5, 0.6) is 0 Å². The Bertz CT molecular complexity index is 2020. The maximum Gasteiger partial charge on any atom is 0.410 e. The molecular weight excluding hydrogens is 674 g/mol. The van der Waals surface area contributed by atoms with Gasteiger partial charge in [-0.15, -0.1) is 8.97 Å². The lowest BCUT2D eigenvalue weighted by Gasteiger charge is -2.36. The third-order valence-corrected chi connectivity index (χ3v) is 11.0. The van der Waals surface area contributed by atoms with Crippen LogP contribution in [0.2, 0.25) is 0 Å². The van der Waals surface area contributed by atoms with Gasteiger partial charge in [0.25, 0.3) is 0 Å². The fourth-order valence-electron chi connectivity index (χ4n) is 8.51. The average Bonchev–Trinajstić information content (AvgIpc) is 4.07. The van der Waals surface area contributed by atoms with Crippen LogP contribution in [0.3, 0.4) is 0 Å². The monoisotopic (exact) mass is 711 g/mol. The van der Waals surface area contributed by atoms with Gasteiger partial charge in [0.15, 0.2) is 34.9 Å². The zero-order valence-electron chi connectivity index (χ0n) is 28.8. The Kier molecular flexibility index (Phi) is 7.90. The third-order valence-electron chi connectivity index (χ3n) is 11.0. The number of quaternary nitrogens is 2. The number of likely N-dealkylation sites (tertiary alicyclic amines) is 2. The molecule has 0 spiro atoms. The van der Waals surface area contributed by atoms with E-state index in [0.29, 0.717) is 61.6 Å². The fourth-order valence-corrected chi connectivity index (χ4v) is 8.51. The molecule has 266 valence electrons. The minimum absolute atomic E-state index is 0.0830. The molecule has 3 aromatic rings. The molecule has 9 rings (SSSR count). The van der Waals surface area contributed by atoms with Gasteiger partial charge < -0.3 is 9.47 Å². The Morgan fingerprint density at radius 2 is 0.981 bits per heavy atom. The van der Waals surface area contributed by atoms with Crippen LogP contribution in [0.25, 0.3) is 0 Å². The standard InChI is InChI=1S/C40H37N7O6/c48-37(33-13-7-23-44(33)39(50)52-25-27-9-3-1-4-10-27)46(29-15-16-30(46)18-17-29)35-36(42-43-41-35)47(31-19-20-32(47)22-21-31)38(49)34-14-8-24-45(34)40(51)53-26-28-11-5-2-6-12-28/h1-6,9-12,15-22,33-34H,7-8,13-14,23-26H2,(H,41,42,43)/q+2/t33-,34-/m0/s1. The Labute approximate surface area is 305 Å². The van der Waals surface area contributed by atoms with Gasteiger partial charge in [-0.25, -0.2) is 19.2 Å². The van der Waals surface area contributed by atoms with Crippen LogP contribution in [-0.2, 0) is 32.3 Å². The summed E-state index contributed by atoms with van der Waals surface area (Å²) < 4.78 is 10.5. The number of allylic oxidation sites excluding steroid dienone is 8. The van der Waals surface area contributed by atoms with Crippen LogP contribution in [-0.4, -0.2) is 74.4 Å². The van der Waals surface area contributed by atoms with E-state index in [1.807, 2.05) is 109 Å². The molecule has 2 atom stereocenters. The number of aromatic amines is 1. The number of nitrogens with zero attached hydrogens (tertiary/aromatic N) is 6. The number of carbonyl (C=O) groups is 4. The Balaban J connectivity index is 1.06. The maximum absolute atomic E-state index is 15.2. The number of carbonyl (C=O) groups excluding carboxylic acids is 4. The van der Waals surface area contributed by atoms with Gasteiger partial charge in [-0.1, -0.05) is 70.9 Å². The molecule has 13 nitrogen and oxygen atoms in total. The molecule has 53 heavy (non-hydrogen) atoms. The molecule has 6 aliphatic rings. The van der Waals surface area contributed by atoms with E-state index in [2.05, 4.69) is 15.4 Å². The molecule has 2 aromatic carbocycles. The summed E-state index contributed by atoms with van der Waals surface area (Å²) in [6.07, 6.45) is 15.9. The van der Waals surface area contributed by atoms with Gasteiger partial charge in [0.2, 0.25) is 0 Å². The van der Waals surface area contributed by atoms with Crippen molar-refractivity contribution >= 4 is 35.6 Å². The largest absolute Gasteiger partial charge is 0.445 e. The summed E-state index contributed by atoms with van der Waals surface area (Å²) in [6, 6.07) is 17.2. The van der Waals surface area contributed by atoms with Crippen molar-refractivity contribution in [1.29, 1.82) is 0 Å². The van der Waals surface area contributed by atoms with Crippen molar-refractivity contribution < 1.29 is 28.7 Å². The molecule has 0 saturated carbocycles. The number of ether oxygens (including phenoxy) is 2. The molecule has 0 unspecified atom stereocenters. The summed E-state index contributed by atoms with van der Waals surface area (Å²) >= 11 is 0. The number of hydrogen-bond acceptors (Lipinski definition) is 8. The van der Waals surface area contributed by atoms with Crippen molar-refractivity contribution in [3.63, 3.8) is 0 Å². The molecule has 7 heterocycles. The predicted molar refractivity (Wildman–Crippen MR) is 193 cm³/mol. The number of benzene rings is 2. The van der Waals surface area contributed by atoms with Gasteiger partial charge >= 0.3 is 35.6 Å². The van der Waals surface area contributed by atoms with E-state index in [1.165, 1.54) is 9.80 Å². The summed E-state index contributed by atoms with van der Waals surface area (Å²) in [5.41, 5.74) is 4.21. The summed E-state index contributed by atoms with van der Waals surface area (Å²) in [7, 11) is 0. The normalized spacial score (nSPS) is 22.5. The van der Waals surface area contributed by atoms with Crippen LogP contribution < -0.4 is 8.97 Å². The lowest BCUT2D eigenvalue weighted by Crippen LogP contribution is -2.60. The molecule has 6 aliphatic heterocycles. The topological polar surface area (TPSA) is 135 Å². The first kappa shape index (κ1) is 32.7. The van der Waals surface area contributed by atoms with Crippen molar-refractivity contribution in [2.45, 2.75) is 51.0 Å². The molecule has 2 saturated heterocycles. The second-order valence-electron chi connectivity index (χ2n) is 13.8. The zero-order chi connectivity index (χ0) is 36.2. The summed E-state index contributed by atoms with van der Waals surface area (Å²) in [4.78, 5) is 60.6. The highest BCUT2D eigenvalue weighted by molar-refractivity contribution is 6.08. The minimum atomic E-state index is -0.826. The Hall–Kier alpha value is -6.18. The fraction of sp³-hybridized carbons (Fsp3) is 0.250. The van der Waals surface area contributed by atoms with Gasteiger partial charge in [-0.3, -0.25) is 9.80 Å². The van der Waals surface area contributed by atoms with Gasteiger partial charge in [0.05, 0.1) is 0 Å². The van der Waals surface area contributed by atoms with E-state index >= 15 is 9.59 Å². The second kappa shape index (κ2) is 12.8. The van der Waals surface area contributed by atoms with Crippen molar-refractivity contribution in [3.05, 3.63) is 143 Å². The first-order valence-corrected chi connectivity index (χ1v) is 17.9. The Morgan fingerprint density at radius 1 is 0.604 bits per heavy atom. The minimum Gasteiger partial charge on any atom is -0.445 e. The summed E-state index contributed by atoms with van der Waals surface area (Å²) in [5.74, 6) is -0.137. The van der Waals surface area contributed by atoms with Gasteiger partial charge in [0.1, 0.15) is 13.2 Å². The quantitative estimate of drug-likeness (QED) is 0.291. The van der Waals surface area contributed by atoms with Crippen LogP contribution in [0.4, 0.5) is 21.2 Å². The number of amides is 4. The van der Waals surface area contributed by atoms with Crippen molar-refractivity contribution in [2.24, 2.45) is 0 Å². The first-order chi connectivity index (χ1) is 25.9. The van der Waals surface area contributed by atoms with Crippen LogP contribution in [0.15, 0.2) is 132 Å². The smallest absolute Gasteiger partial charge is 0.410 e. The number of rotatable bonds is 8. The molecule has 4 amide bonds. The van der Waals surface area contributed by atoms with Gasteiger partial charge in [0, 0.05) is 61.7 Å². The highest BCUT2D eigenvalue weighted by Gasteiger charge is 2.66. The summed E-state index contributed by atoms with van der Waals surface area (Å²) in [6.45, 7) is 0.891. The van der Waals surface area contributed by atoms with Crippen molar-refractivity contribution in [3.8, 4) is 0 Å². The first-order valence-electron chi connectivity index (χ1n) is 17.9. The van der Waals surface area contributed by atoms with Crippen molar-refractivity contribution in [1.82, 2.24) is 34.2 Å². The van der Waals surface area contributed by atoms with Crippen LogP contribution in [0, 0.1) is 0 Å². The highest BCUT2D eigenvalue weighted by atomic mass is 16.6. The predicted octanol–water partition coefficient (Wildman–Crippen LogP) is 5.78. The third kappa shape index (κ3) is 4.91. The van der Waals surface area contributed by atoms with E-state index in [1.54, 1.807) is 0 Å². The number of hydrogen-bond donors (Lipinski definition) is 1. The molecule has 0 aliphatic carbocycles. The molecule has 4 bridgehead atoms. The molecule has 1 N–H and O–H groups in total. The van der Waals surface area contributed by atoms with E-state index in [-0.39, 0.29) is 36.7 Å². The number of nitrogens with one attached hydrogen (secondary N) is 1. The van der Waals surface area contributed by atoms with E-state index < -0.39 is 33.2 Å². The molecule has 2 fully saturated rings. The molecule has 1 aromatic heterocycles. The average molecular weight is 712 g/mol. The van der Waals surface area contributed by atoms with E-state index in [9.17, 15) is 9.59 Å². The SMILES string of the molecule is O=C(OCc1ccccc1)N1CCC[C@H]1C(=O)[N+]1(c2n[nH]nc2[N+]2(C(=O)[C@@H]3CCCN3C(=O)OCc3ccccc3)C3=CC=C2C=C3)C2=CC=C1C=C2. The summed E-state index contributed by atoms with van der Waals surface area (Å²) in [5, 5.41) is 12.1. The van der Waals surface area contributed by atoms with E-state index in [0.717, 1.165) is 11.1 Å². The highest BCUT2D eigenvalue weighted by Crippen LogP contribution is 2.54. The van der Waals surface area contributed by atoms with Gasteiger partial charge in [-0.05, 0) is 36.8 Å². The zero-order valence-corrected chi connectivity index (χ0v) is 28.8. The van der Waals surface area contributed by atoms with E-state index in [4.69, 9.17) is 9.47 Å².